The highest BCUT2D eigenvalue weighted by atomic mass is 15.2. The van der Waals surface area contributed by atoms with Crippen LogP contribution in [-0.4, -0.2) is 24.3 Å². The van der Waals surface area contributed by atoms with Gasteiger partial charge < -0.3 is 4.90 Å². The van der Waals surface area contributed by atoms with Crippen molar-refractivity contribution in [2.75, 3.05) is 13.1 Å². The van der Waals surface area contributed by atoms with Gasteiger partial charge in [0.2, 0.25) is 0 Å². The van der Waals surface area contributed by atoms with E-state index in [9.17, 15) is 0 Å². The van der Waals surface area contributed by atoms with E-state index in [2.05, 4.69) is 77.8 Å². The smallest absolute Gasteiger partial charge is 0.0857 e. The van der Waals surface area contributed by atoms with E-state index in [1.54, 1.807) is 0 Å². The second-order valence-electron chi connectivity index (χ2n) is 5.52. The summed E-state index contributed by atoms with van der Waals surface area (Å²) >= 11 is 0. The molecule has 2 nitrogen and oxygen atoms in total. The van der Waals surface area contributed by atoms with Crippen LogP contribution in [0, 0.1) is 0 Å². The SMILES string of the molecule is CCCN=CN1CCc2ccccc2C1c1ccccc1. The van der Waals surface area contributed by atoms with E-state index >= 15 is 0 Å². The predicted octanol–water partition coefficient (Wildman–Crippen LogP) is 4.07. The van der Waals surface area contributed by atoms with Crippen molar-refractivity contribution in [1.82, 2.24) is 4.90 Å². The van der Waals surface area contributed by atoms with Crippen molar-refractivity contribution in [3.8, 4) is 0 Å². The highest BCUT2D eigenvalue weighted by molar-refractivity contribution is 5.59. The molecular formula is C19H22N2. The molecule has 0 spiro atoms. The lowest BCUT2D eigenvalue weighted by Crippen LogP contribution is -2.35. The third kappa shape index (κ3) is 2.99. The van der Waals surface area contributed by atoms with Crippen LogP contribution in [0.15, 0.2) is 59.6 Å². The van der Waals surface area contributed by atoms with Crippen LogP contribution in [0.2, 0.25) is 0 Å². The molecule has 1 atom stereocenters. The zero-order valence-corrected chi connectivity index (χ0v) is 12.6. The molecule has 0 saturated carbocycles. The van der Waals surface area contributed by atoms with Crippen LogP contribution in [0.25, 0.3) is 0 Å². The second-order valence-corrected chi connectivity index (χ2v) is 5.52. The van der Waals surface area contributed by atoms with Crippen molar-refractivity contribution in [3.05, 3.63) is 71.3 Å². The first kappa shape index (κ1) is 13.9. The van der Waals surface area contributed by atoms with Crippen LogP contribution in [-0.2, 0) is 6.42 Å². The normalized spacial score (nSPS) is 18.0. The Morgan fingerprint density at radius 1 is 1.10 bits per heavy atom. The van der Waals surface area contributed by atoms with Gasteiger partial charge in [-0.15, -0.1) is 0 Å². The van der Waals surface area contributed by atoms with E-state index < -0.39 is 0 Å². The minimum absolute atomic E-state index is 0.289. The van der Waals surface area contributed by atoms with E-state index in [0.717, 1.165) is 25.9 Å². The molecule has 0 aromatic heterocycles. The molecular weight excluding hydrogens is 256 g/mol. The van der Waals surface area contributed by atoms with Gasteiger partial charge in [0.1, 0.15) is 0 Å². The minimum atomic E-state index is 0.289. The lowest BCUT2D eigenvalue weighted by molar-refractivity contribution is 0.348. The largest absolute Gasteiger partial charge is 0.351 e. The van der Waals surface area contributed by atoms with Gasteiger partial charge in [-0.3, -0.25) is 4.99 Å². The van der Waals surface area contributed by atoms with E-state index in [4.69, 9.17) is 0 Å². The fourth-order valence-electron chi connectivity index (χ4n) is 3.01. The average Bonchev–Trinajstić information content (AvgIpc) is 2.55. The first-order valence-electron chi connectivity index (χ1n) is 7.78. The molecule has 1 aliphatic heterocycles. The lowest BCUT2D eigenvalue weighted by atomic mass is 9.88. The summed E-state index contributed by atoms with van der Waals surface area (Å²) in [5.74, 6) is 0. The Kier molecular flexibility index (Phi) is 4.34. The summed E-state index contributed by atoms with van der Waals surface area (Å²) in [5, 5.41) is 0. The molecule has 2 aromatic carbocycles. The molecule has 0 aliphatic carbocycles. The topological polar surface area (TPSA) is 15.6 Å². The first-order chi connectivity index (χ1) is 10.4. The molecule has 3 rings (SSSR count). The van der Waals surface area contributed by atoms with Crippen LogP contribution in [0.3, 0.4) is 0 Å². The van der Waals surface area contributed by atoms with Gasteiger partial charge in [-0.25, -0.2) is 0 Å². The number of benzene rings is 2. The fraction of sp³-hybridized carbons (Fsp3) is 0.316. The molecule has 2 aromatic rings. The van der Waals surface area contributed by atoms with Crippen molar-refractivity contribution >= 4 is 6.34 Å². The first-order valence-corrected chi connectivity index (χ1v) is 7.78. The highest BCUT2D eigenvalue weighted by Gasteiger charge is 2.26. The molecule has 108 valence electrons. The highest BCUT2D eigenvalue weighted by Crippen LogP contribution is 2.33. The Hall–Kier alpha value is -2.09. The average molecular weight is 278 g/mol. The van der Waals surface area contributed by atoms with Crippen LogP contribution in [0.1, 0.15) is 36.1 Å². The summed E-state index contributed by atoms with van der Waals surface area (Å²) in [7, 11) is 0. The Bertz CT molecular complexity index is 604. The van der Waals surface area contributed by atoms with Gasteiger partial charge in [0.15, 0.2) is 0 Å². The Labute approximate surface area is 127 Å². The van der Waals surface area contributed by atoms with Crippen LogP contribution in [0.5, 0.6) is 0 Å². The minimum Gasteiger partial charge on any atom is -0.351 e. The monoisotopic (exact) mass is 278 g/mol. The summed E-state index contributed by atoms with van der Waals surface area (Å²) in [4.78, 5) is 6.95. The number of nitrogens with zero attached hydrogens (tertiary/aromatic N) is 2. The lowest BCUT2D eigenvalue weighted by Gasteiger charge is -2.36. The number of hydrogen-bond donors (Lipinski definition) is 0. The molecule has 0 bridgehead atoms. The molecule has 0 saturated heterocycles. The number of aliphatic imine (C=N–C) groups is 1. The maximum absolute atomic E-state index is 4.56. The maximum Gasteiger partial charge on any atom is 0.0857 e. The zero-order valence-electron chi connectivity index (χ0n) is 12.6. The van der Waals surface area contributed by atoms with Crippen molar-refractivity contribution < 1.29 is 0 Å². The molecule has 1 aliphatic rings. The van der Waals surface area contributed by atoms with Crippen LogP contribution >= 0.6 is 0 Å². The van der Waals surface area contributed by atoms with Crippen LogP contribution < -0.4 is 0 Å². The van der Waals surface area contributed by atoms with E-state index in [0.29, 0.717) is 0 Å². The molecule has 0 amide bonds. The van der Waals surface area contributed by atoms with Crippen molar-refractivity contribution in [2.45, 2.75) is 25.8 Å². The van der Waals surface area contributed by atoms with Gasteiger partial charge in [0, 0.05) is 13.1 Å². The quantitative estimate of drug-likeness (QED) is 0.608. The molecule has 1 heterocycles. The van der Waals surface area contributed by atoms with Crippen molar-refractivity contribution in [1.29, 1.82) is 0 Å². The standard InChI is InChI=1S/C19H22N2/c1-2-13-20-15-21-14-12-16-8-6-7-11-18(16)19(21)17-9-4-3-5-10-17/h3-11,15,19H,2,12-14H2,1H3. The molecule has 0 radical (unpaired) electrons. The number of rotatable bonds is 4. The van der Waals surface area contributed by atoms with Gasteiger partial charge in [-0.1, -0.05) is 61.5 Å². The predicted molar refractivity (Wildman–Crippen MR) is 88.8 cm³/mol. The molecule has 1 unspecified atom stereocenters. The summed E-state index contributed by atoms with van der Waals surface area (Å²) in [6.07, 6.45) is 4.24. The summed E-state index contributed by atoms with van der Waals surface area (Å²) in [6.45, 7) is 4.10. The Morgan fingerprint density at radius 3 is 2.67 bits per heavy atom. The van der Waals surface area contributed by atoms with E-state index in [1.807, 2.05) is 0 Å². The van der Waals surface area contributed by atoms with Gasteiger partial charge in [0.25, 0.3) is 0 Å². The molecule has 2 heteroatoms. The molecule has 0 N–H and O–H groups in total. The number of hydrogen-bond acceptors (Lipinski definition) is 1. The molecule has 21 heavy (non-hydrogen) atoms. The Morgan fingerprint density at radius 2 is 1.86 bits per heavy atom. The summed E-state index contributed by atoms with van der Waals surface area (Å²) < 4.78 is 0. The van der Waals surface area contributed by atoms with Crippen molar-refractivity contribution in [3.63, 3.8) is 0 Å². The van der Waals surface area contributed by atoms with Gasteiger partial charge in [0.05, 0.1) is 12.4 Å². The van der Waals surface area contributed by atoms with Crippen LogP contribution in [0.4, 0.5) is 0 Å². The summed E-state index contributed by atoms with van der Waals surface area (Å²) in [6, 6.07) is 19.8. The Balaban J connectivity index is 1.99. The second kappa shape index (κ2) is 6.57. The zero-order chi connectivity index (χ0) is 14.5. The fourth-order valence-corrected chi connectivity index (χ4v) is 3.01. The van der Waals surface area contributed by atoms with E-state index in [1.165, 1.54) is 16.7 Å². The summed E-state index contributed by atoms with van der Waals surface area (Å²) in [5.41, 5.74) is 4.22. The van der Waals surface area contributed by atoms with Gasteiger partial charge in [-0.05, 0) is 29.5 Å². The number of fused-ring (bicyclic) bond motifs is 1. The molecule has 0 fully saturated rings. The third-order valence-corrected chi connectivity index (χ3v) is 4.02. The maximum atomic E-state index is 4.56. The third-order valence-electron chi connectivity index (χ3n) is 4.02. The van der Waals surface area contributed by atoms with Crippen molar-refractivity contribution in [2.24, 2.45) is 4.99 Å². The van der Waals surface area contributed by atoms with Gasteiger partial charge in [-0.2, -0.15) is 0 Å². The van der Waals surface area contributed by atoms with E-state index in [-0.39, 0.29) is 6.04 Å². The van der Waals surface area contributed by atoms with Gasteiger partial charge >= 0.3 is 0 Å².